The summed E-state index contributed by atoms with van der Waals surface area (Å²) in [5, 5.41) is 12.8. The number of anilines is 1. The van der Waals surface area contributed by atoms with Gasteiger partial charge in [-0.3, -0.25) is 10.7 Å². The van der Waals surface area contributed by atoms with Gasteiger partial charge in [0.05, 0.1) is 16.2 Å². The molecule has 11 heteroatoms. The maximum Gasteiger partial charge on any atom is 0.201 e. The van der Waals surface area contributed by atoms with Crippen molar-refractivity contribution in [1.29, 1.82) is 0 Å². The topological polar surface area (TPSA) is 88.6 Å². The van der Waals surface area contributed by atoms with Crippen molar-refractivity contribution >= 4 is 40.1 Å². The highest BCUT2D eigenvalue weighted by molar-refractivity contribution is 6.31. The van der Waals surface area contributed by atoms with Crippen molar-refractivity contribution in [3.05, 3.63) is 52.3 Å². The third-order valence-corrected chi connectivity index (χ3v) is 6.17. The highest BCUT2D eigenvalue weighted by Crippen LogP contribution is 2.29. The van der Waals surface area contributed by atoms with E-state index in [9.17, 15) is 18.4 Å². The minimum atomic E-state index is -1.15. The van der Waals surface area contributed by atoms with Crippen molar-refractivity contribution in [1.82, 2.24) is 20.3 Å². The van der Waals surface area contributed by atoms with E-state index in [-0.39, 0.29) is 39.2 Å². The van der Waals surface area contributed by atoms with E-state index in [0.29, 0.717) is 12.0 Å². The lowest BCUT2D eigenvalue weighted by atomic mass is 9.90. The van der Waals surface area contributed by atoms with Crippen LogP contribution in [0.5, 0.6) is 0 Å². The number of fused-ring (bicyclic) bond motifs is 1. The van der Waals surface area contributed by atoms with Crippen molar-refractivity contribution < 1.29 is 18.4 Å². The number of rotatable bonds is 5. The van der Waals surface area contributed by atoms with Crippen molar-refractivity contribution in [2.75, 3.05) is 19.4 Å². The van der Waals surface area contributed by atoms with Crippen LogP contribution in [0.25, 0.3) is 11.0 Å². The molecule has 33 heavy (non-hydrogen) atoms. The maximum atomic E-state index is 14.6. The molecule has 4 rings (SSSR count). The summed E-state index contributed by atoms with van der Waals surface area (Å²) in [4.78, 5) is 13.5. The lowest BCUT2D eigenvalue weighted by Crippen LogP contribution is -2.38. The van der Waals surface area contributed by atoms with Gasteiger partial charge in [0, 0.05) is 17.6 Å². The zero-order chi connectivity index (χ0) is 23.7. The Labute approximate surface area is 193 Å². The summed E-state index contributed by atoms with van der Waals surface area (Å²) in [5.74, 6) is -2.80. The summed E-state index contributed by atoms with van der Waals surface area (Å²) < 4.78 is 42.4. The first-order chi connectivity index (χ1) is 15.8. The first-order valence-corrected chi connectivity index (χ1v) is 10.9. The predicted octanol–water partition coefficient (Wildman–Crippen LogP) is 4.98. The molecule has 0 spiro atoms. The van der Waals surface area contributed by atoms with E-state index in [2.05, 4.69) is 25.2 Å². The van der Waals surface area contributed by atoms with Gasteiger partial charge in [0.1, 0.15) is 11.3 Å². The van der Waals surface area contributed by atoms with Gasteiger partial charge in [0.15, 0.2) is 17.5 Å². The van der Waals surface area contributed by atoms with E-state index in [1.54, 1.807) is 0 Å². The molecule has 4 N–H and O–H groups in total. The summed E-state index contributed by atoms with van der Waals surface area (Å²) in [6.07, 6.45) is 3.97. The molecule has 7 nitrogen and oxygen atoms in total. The van der Waals surface area contributed by atoms with Crippen LogP contribution in [0.1, 0.15) is 31.2 Å². The summed E-state index contributed by atoms with van der Waals surface area (Å²) in [5.41, 5.74) is 2.06. The Morgan fingerprint density at radius 3 is 2.70 bits per heavy atom. The number of aromatic nitrogens is 2. The molecule has 1 saturated carbocycles. The molecule has 0 aliphatic heterocycles. The SMILES string of the molecule is CN(C)[C@@H]1CCC[C@H](Nc2nc3c(F)c(F)cc(C(=Nc4ccc(F)c(Cl)c4)NO)c3[nH]2)C1. The zero-order valence-corrected chi connectivity index (χ0v) is 18.8. The third kappa shape index (κ3) is 4.92. The highest BCUT2D eigenvalue weighted by Gasteiger charge is 2.25. The number of imidazole rings is 1. The van der Waals surface area contributed by atoms with Crippen LogP contribution in [0.4, 0.5) is 24.8 Å². The standard InChI is InChI=1S/C22H24ClF3N6O/c1-32(2)13-5-3-4-11(8-13)28-22-29-19-14(10-17(25)18(26)20(19)30-22)21(31-33)27-12-6-7-16(24)15(23)9-12/h6-7,9-11,13,33H,3-5,8H2,1-2H3,(H,27,31)(H2,28,29,30)/t11-,13+/m0/s1. The Bertz CT molecular complexity index is 1200. The zero-order valence-electron chi connectivity index (χ0n) is 18.1. The van der Waals surface area contributed by atoms with Gasteiger partial charge in [0.2, 0.25) is 5.95 Å². The lowest BCUT2D eigenvalue weighted by Gasteiger charge is -2.33. The van der Waals surface area contributed by atoms with Gasteiger partial charge in [-0.2, -0.15) is 0 Å². The van der Waals surface area contributed by atoms with Gasteiger partial charge in [-0.05, 0) is 64.0 Å². The molecule has 0 radical (unpaired) electrons. The maximum absolute atomic E-state index is 14.6. The van der Waals surface area contributed by atoms with E-state index in [1.165, 1.54) is 12.1 Å². The molecule has 0 unspecified atom stereocenters. The van der Waals surface area contributed by atoms with E-state index >= 15 is 0 Å². The second kappa shape index (κ2) is 9.58. The van der Waals surface area contributed by atoms with Crippen LogP contribution in [0.3, 0.4) is 0 Å². The molecule has 0 bridgehead atoms. The quantitative estimate of drug-likeness (QED) is 0.235. The molecular formula is C22H24ClF3N6O. The van der Waals surface area contributed by atoms with Crippen LogP contribution in [0, 0.1) is 17.5 Å². The third-order valence-electron chi connectivity index (χ3n) is 5.88. The Morgan fingerprint density at radius 1 is 1.21 bits per heavy atom. The second-order valence-corrected chi connectivity index (χ2v) is 8.73. The minimum absolute atomic E-state index is 0.0437. The van der Waals surface area contributed by atoms with Crippen LogP contribution < -0.4 is 10.8 Å². The van der Waals surface area contributed by atoms with Gasteiger partial charge in [-0.25, -0.2) is 23.1 Å². The largest absolute Gasteiger partial charge is 0.353 e. The molecular weight excluding hydrogens is 457 g/mol. The number of benzene rings is 2. The molecule has 1 aromatic heterocycles. The van der Waals surface area contributed by atoms with E-state index in [4.69, 9.17) is 11.6 Å². The number of nitrogens with one attached hydrogen (secondary N) is 3. The fourth-order valence-electron chi connectivity index (χ4n) is 4.14. The Balaban J connectivity index is 1.71. The average molecular weight is 481 g/mol. The molecule has 1 aliphatic rings. The van der Waals surface area contributed by atoms with Crippen molar-refractivity contribution in [2.24, 2.45) is 4.99 Å². The molecule has 0 amide bonds. The number of H-pyrrole nitrogens is 1. The number of aliphatic imine (C=N–C) groups is 1. The predicted molar refractivity (Wildman–Crippen MR) is 122 cm³/mol. The van der Waals surface area contributed by atoms with Gasteiger partial charge < -0.3 is 15.2 Å². The first-order valence-electron chi connectivity index (χ1n) is 10.5. The number of amidine groups is 1. The van der Waals surface area contributed by atoms with Gasteiger partial charge in [-0.1, -0.05) is 11.6 Å². The fraction of sp³-hybridized carbons (Fsp3) is 0.364. The normalized spacial score (nSPS) is 19.3. The molecule has 2 aromatic carbocycles. The van der Waals surface area contributed by atoms with Crippen LogP contribution >= 0.6 is 11.6 Å². The number of hydrogen-bond acceptors (Lipinski definition) is 5. The highest BCUT2D eigenvalue weighted by atomic mass is 35.5. The van der Waals surface area contributed by atoms with E-state index in [1.807, 2.05) is 19.6 Å². The summed E-state index contributed by atoms with van der Waals surface area (Å²) in [7, 11) is 4.07. The molecule has 1 fully saturated rings. The van der Waals surface area contributed by atoms with Crippen LogP contribution in [0.15, 0.2) is 29.3 Å². The van der Waals surface area contributed by atoms with Crippen LogP contribution in [-0.2, 0) is 0 Å². The number of hydrogen-bond donors (Lipinski definition) is 4. The van der Waals surface area contributed by atoms with E-state index < -0.39 is 17.5 Å². The molecule has 1 heterocycles. The fourth-order valence-corrected chi connectivity index (χ4v) is 4.32. The number of aromatic amines is 1. The summed E-state index contributed by atoms with van der Waals surface area (Å²) in [6, 6.07) is 5.13. The lowest BCUT2D eigenvalue weighted by molar-refractivity contribution is 0.219. The monoisotopic (exact) mass is 480 g/mol. The molecule has 2 atom stereocenters. The summed E-state index contributed by atoms with van der Waals surface area (Å²) in [6.45, 7) is 0. The number of hydroxylamine groups is 1. The van der Waals surface area contributed by atoms with E-state index in [0.717, 1.165) is 37.8 Å². The molecule has 1 aliphatic carbocycles. The molecule has 176 valence electrons. The van der Waals surface area contributed by atoms with Gasteiger partial charge in [0.25, 0.3) is 0 Å². The minimum Gasteiger partial charge on any atom is -0.353 e. The Kier molecular flexibility index (Phi) is 6.78. The van der Waals surface area contributed by atoms with Gasteiger partial charge in [-0.15, -0.1) is 0 Å². The van der Waals surface area contributed by atoms with Crippen LogP contribution in [-0.4, -0.2) is 52.1 Å². The Hall–Kier alpha value is -2.82. The van der Waals surface area contributed by atoms with Crippen LogP contribution in [0.2, 0.25) is 5.02 Å². The number of halogens is 4. The van der Waals surface area contributed by atoms with Crippen molar-refractivity contribution in [2.45, 2.75) is 37.8 Å². The number of nitrogens with zero attached hydrogens (tertiary/aromatic N) is 3. The Morgan fingerprint density at radius 2 is 2.00 bits per heavy atom. The second-order valence-electron chi connectivity index (χ2n) is 8.32. The van der Waals surface area contributed by atoms with Gasteiger partial charge >= 0.3 is 0 Å². The molecule has 0 saturated heterocycles. The average Bonchev–Trinajstić information content (AvgIpc) is 3.21. The first kappa shape index (κ1) is 23.3. The smallest absolute Gasteiger partial charge is 0.201 e. The van der Waals surface area contributed by atoms with Crippen molar-refractivity contribution in [3.63, 3.8) is 0 Å². The van der Waals surface area contributed by atoms with Crippen molar-refractivity contribution in [3.8, 4) is 0 Å². The summed E-state index contributed by atoms with van der Waals surface area (Å²) >= 11 is 5.79. The molecule has 3 aromatic rings.